The fourth-order valence-electron chi connectivity index (χ4n) is 2.85. The van der Waals surface area contributed by atoms with Crippen molar-refractivity contribution < 1.29 is 19.4 Å². The predicted molar refractivity (Wildman–Crippen MR) is 115 cm³/mol. The van der Waals surface area contributed by atoms with Crippen molar-refractivity contribution in [1.29, 1.82) is 5.26 Å². The van der Waals surface area contributed by atoms with Crippen LogP contribution in [0.1, 0.15) is 29.3 Å². The number of carbonyl (C=O) groups excluding carboxylic acids is 1. The van der Waals surface area contributed by atoms with Gasteiger partial charge in [0, 0.05) is 12.0 Å². The average Bonchev–Trinajstić information content (AvgIpc) is 2.81. The number of hydrogen-bond acceptors (Lipinski definition) is 5. The van der Waals surface area contributed by atoms with Gasteiger partial charge in [0.05, 0.1) is 11.6 Å². The smallest absolute Gasteiger partial charge is 0.162 e. The summed E-state index contributed by atoms with van der Waals surface area (Å²) in [6.45, 7) is 2.01. The summed E-state index contributed by atoms with van der Waals surface area (Å²) in [5.74, 6) is 1.32. The molecule has 1 N–H and O–H groups in total. The maximum atomic E-state index is 11.6. The maximum absolute atomic E-state index is 11.6. The lowest BCUT2D eigenvalue weighted by atomic mass is 10.0. The minimum absolute atomic E-state index is 0.0835. The number of aliphatic hydroxyl groups excluding tert-OH is 1. The molecule has 0 heterocycles. The van der Waals surface area contributed by atoms with E-state index in [0.717, 1.165) is 11.1 Å². The molecule has 0 saturated heterocycles. The lowest BCUT2D eigenvalue weighted by molar-refractivity contribution is 0.0626. The van der Waals surface area contributed by atoms with Crippen molar-refractivity contribution in [2.24, 2.45) is 0 Å². The first-order chi connectivity index (χ1) is 14.6. The first kappa shape index (κ1) is 21.1. The van der Waals surface area contributed by atoms with E-state index in [1.54, 1.807) is 36.4 Å². The largest absolute Gasteiger partial charge is 0.491 e. The van der Waals surface area contributed by atoms with Gasteiger partial charge in [-0.2, -0.15) is 5.26 Å². The molecule has 0 unspecified atom stereocenters. The Labute approximate surface area is 176 Å². The van der Waals surface area contributed by atoms with Crippen LogP contribution in [0.5, 0.6) is 11.5 Å². The fourth-order valence-corrected chi connectivity index (χ4v) is 2.85. The Bertz CT molecular complexity index is 1000. The molecule has 1 atom stereocenters. The summed E-state index contributed by atoms with van der Waals surface area (Å²) in [4.78, 5) is 11.6. The Morgan fingerprint density at radius 1 is 0.867 bits per heavy atom. The molecular weight excluding hydrogens is 378 g/mol. The normalized spacial score (nSPS) is 11.4. The van der Waals surface area contributed by atoms with Crippen LogP contribution >= 0.6 is 0 Å². The summed E-state index contributed by atoms with van der Waals surface area (Å²) < 4.78 is 11.2. The van der Waals surface area contributed by atoms with E-state index in [1.807, 2.05) is 43.3 Å². The van der Waals surface area contributed by atoms with Gasteiger partial charge in [0.25, 0.3) is 0 Å². The summed E-state index contributed by atoms with van der Waals surface area (Å²) in [5, 5.41) is 19.0. The molecule has 5 heteroatoms. The van der Waals surface area contributed by atoms with Crippen LogP contribution in [0.25, 0.3) is 11.1 Å². The molecule has 152 valence electrons. The quantitative estimate of drug-likeness (QED) is 0.529. The standard InChI is InChI=1S/C25H23NO4/c1-2-25(28)21-9-13-24(14-10-21)30-17-22(27)16-29-23-11-7-20(8-12-23)19-5-3-18(15-26)4-6-19/h3-14,22,27H,2,16-17H2,1H3/t22-/m1/s1. The van der Waals surface area contributed by atoms with Gasteiger partial charge in [0.2, 0.25) is 0 Å². The lowest BCUT2D eigenvalue weighted by Gasteiger charge is -2.14. The Kier molecular flexibility index (Phi) is 7.20. The lowest BCUT2D eigenvalue weighted by Crippen LogP contribution is -2.25. The summed E-state index contributed by atoms with van der Waals surface area (Å²) in [6, 6.07) is 23.9. The first-order valence-electron chi connectivity index (χ1n) is 9.76. The van der Waals surface area contributed by atoms with Crippen LogP contribution in [0.4, 0.5) is 0 Å². The van der Waals surface area contributed by atoms with E-state index in [9.17, 15) is 9.90 Å². The van der Waals surface area contributed by atoms with Crippen LogP contribution < -0.4 is 9.47 Å². The first-order valence-corrected chi connectivity index (χ1v) is 9.76. The molecule has 0 spiro atoms. The van der Waals surface area contributed by atoms with Crippen molar-refractivity contribution in [3.8, 4) is 28.7 Å². The highest BCUT2D eigenvalue weighted by Gasteiger charge is 2.08. The van der Waals surface area contributed by atoms with E-state index in [-0.39, 0.29) is 19.0 Å². The molecule has 3 aromatic carbocycles. The van der Waals surface area contributed by atoms with Gasteiger partial charge < -0.3 is 14.6 Å². The van der Waals surface area contributed by atoms with Crippen LogP contribution in [0, 0.1) is 11.3 Å². The van der Waals surface area contributed by atoms with Crippen molar-refractivity contribution in [1.82, 2.24) is 0 Å². The van der Waals surface area contributed by atoms with Crippen LogP contribution in [0.15, 0.2) is 72.8 Å². The summed E-state index contributed by atoms with van der Waals surface area (Å²) in [5.41, 5.74) is 3.31. The number of carbonyl (C=O) groups is 1. The van der Waals surface area contributed by atoms with Gasteiger partial charge in [-0.15, -0.1) is 0 Å². The molecule has 0 fully saturated rings. The Morgan fingerprint density at radius 3 is 1.80 bits per heavy atom. The molecule has 0 aliphatic heterocycles. The number of ketones is 1. The molecule has 0 saturated carbocycles. The Hall–Kier alpha value is -3.62. The van der Waals surface area contributed by atoms with E-state index in [1.165, 1.54) is 0 Å². The van der Waals surface area contributed by atoms with Gasteiger partial charge in [0.15, 0.2) is 5.78 Å². The number of rotatable bonds is 9. The van der Waals surface area contributed by atoms with Gasteiger partial charge in [-0.25, -0.2) is 0 Å². The van der Waals surface area contributed by atoms with E-state index in [4.69, 9.17) is 14.7 Å². The molecule has 5 nitrogen and oxygen atoms in total. The van der Waals surface area contributed by atoms with Crippen molar-refractivity contribution in [2.75, 3.05) is 13.2 Å². The number of Topliss-reactive ketones (excluding diaryl/α,β-unsaturated/α-hetero) is 1. The zero-order valence-corrected chi connectivity index (χ0v) is 16.7. The fraction of sp³-hybridized carbons (Fsp3) is 0.200. The van der Waals surface area contributed by atoms with Crippen LogP contribution in [0.3, 0.4) is 0 Å². The molecule has 0 bridgehead atoms. The highest BCUT2D eigenvalue weighted by atomic mass is 16.5. The van der Waals surface area contributed by atoms with Gasteiger partial charge >= 0.3 is 0 Å². The van der Waals surface area contributed by atoms with Crippen molar-refractivity contribution in [3.05, 3.63) is 83.9 Å². The Balaban J connectivity index is 1.46. The van der Waals surface area contributed by atoms with Crippen molar-refractivity contribution >= 4 is 5.78 Å². The number of nitrogens with zero attached hydrogens (tertiary/aromatic N) is 1. The molecular formula is C25H23NO4. The molecule has 0 radical (unpaired) electrons. The van der Waals surface area contributed by atoms with Gasteiger partial charge in [-0.1, -0.05) is 31.2 Å². The third kappa shape index (κ3) is 5.69. The molecule has 3 aromatic rings. The molecule has 0 aliphatic carbocycles. The van der Waals surface area contributed by atoms with Crippen LogP contribution in [-0.2, 0) is 0 Å². The van der Waals surface area contributed by atoms with E-state index in [2.05, 4.69) is 6.07 Å². The van der Waals surface area contributed by atoms with Crippen molar-refractivity contribution in [2.45, 2.75) is 19.4 Å². The van der Waals surface area contributed by atoms with Gasteiger partial charge in [-0.3, -0.25) is 4.79 Å². The summed E-state index contributed by atoms with van der Waals surface area (Å²) >= 11 is 0. The zero-order chi connectivity index (χ0) is 21.3. The molecule has 30 heavy (non-hydrogen) atoms. The molecule has 0 aromatic heterocycles. The van der Waals surface area contributed by atoms with Crippen LogP contribution in [-0.4, -0.2) is 30.2 Å². The maximum Gasteiger partial charge on any atom is 0.162 e. The van der Waals surface area contributed by atoms with E-state index < -0.39 is 6.10 Å². The second kappa shape index (κ2) is 10.2. The number of ether oxygens (including phenoxy) is 2. The third-order valence-electron chi connectivity index (χ3n) is 4.58. The second-order valence-corrected chi connectivity index (χ2v) is 6.79. The minimum Gasteiger partial charge on any atom is -0.491 e. The number of benzene rings is 3. The van der Waals surface area contributed by atoms with Gasteiger partial charge in [-0.05, 0) is 59.7 Å². The predicted octanol–water partition coefficient (Wildman–Crippen LogP) is 4.64. The second-order valence-electron chi connectivity index (χ2n) is 6.79. The highest BCUT2D eigenvalue weighted by molar-refractivity contribution is 5.95. The van der Waals surface area contributed by atoms with E-state index in [0.29, 0.717) is 29.0 Å². The minimum atomic E-state index is -0.792. The monoisotopic (exact) mass is 401 g/mol. The molecule has 3 rings (SSSR count). The summed E-state index contributed by atoms with van der Waals surface area (Å²) in [6.07, 6.45) is -0.329. The van der Waals surface area contributed by atoms with Crippen molar-refractivity contribution in [3.63, 3.8) is 0 Å². The average molecular weight is 401 g/mol. The summed E-state index contributed by atoms with van der Waals surface area (Å²) in [7, 11) is 0. The number of nitriles is 1. The molecule has 0 amide bonds. The number of hydrogen-bond donors (Lipinski definition) is 1. The van der Waals surface area contributed by atoms with Crippen LogP contribution in [0.2, 0.25) is 0 Å². The highest BCUT2D eigenvalue weighted by Crippen LogP contribution is 2.23. The third-order valence-corrected chi connectivity index (χ3v) is 4.58. The zero-order valence-electron chi connectivity index (χ0n) is 16.7. The molecule has 0 aliphatic rings. The van der Waals surface area contributed by atoms with Gasteiger partial charge in [0.1, 0.15) is 30.8 Å². The number of aliphatic hydroxyl groups is 1. The topological polar surface area (TPSA) is 79.6 Å². The SMILES string of the molecule is CCC(=O)c1ccc(OC[C@H](O)COc2ccc(-c3ccc(C#N)cc3)cc2)cc1. The van der Waals surface area contributed by atoms with E-state index >= 15 is 0 Å². The Morgan fingerprint density at radius 2 is 1.33 bits per heavy atom.